The zero-order chi connectivity index (χ0) is 19.5. The number of ether oxygens (including phenoxy) is 1. The normalized spacial score (nSPS) is 23.6. The maximum Gasteiger partial charge on any atom is 0.270 e. The first-order valence-electron chi connectivity index (χ1n) is 10.7. The summed E-state index contributed by atoms with van der Waals surface area (Å²) in [5, 5.41) is 13.2. The number of hydrogen-bond donors (Lipinski definition) is 2. The Bertz CT molecular complexity index is 826. The maximum absolute atomic E-state index is 12.9. The van der Waals surface area contributed by atoms with Crippen LogP contribution in [0.5, 0.6) is 5.75 Å². The third-order valence-corrected chi connectivity index (χ3v) is 6.25. The van der Waals surface area contributed by atoms with Crippen molar-refractivity contribution in [2.24, 2.45) is 5.92 Å². The number of carbonyl (C=O) groups is 1. The fourth-order valence-electron chi connectivity index (χ4n) is 4.62. The van der Waals surface area contributed by atoms with Gasteiger partial charge in [0.15, 0.2) is 11.4 Å². The molecule has 0 bridgehead atoms. The number of aromatic nitrogens is 2. The highest BCUT2D eigenvalue weighted by atomic mass is 16.5. The Morgan fingerprint density at radius 1 is 1.21 bits per heavy atom. The third kappa shape index (κ3) is 4.02. The molecule has 2 heterocycles. The number of nitrogens with one attached hydrogen (secondary N) is 1. The highest BCUT2D eigenvalue weighted by Crippen LogP contribution is 2.27. The summed E-state index contributed by atoms with van der Waals surface area (Å²) in [4.78, 5) is 17.6. The zero-order valence-corrected chi connectivity index (χ0v) is 16.7. The van der Waals surface area contributed by atoms with Gasteiger partial charge in [0, 0.05) is 6.20 Å². The lowest BCUT2D eigenvalue weighted by molar-refractivity contribution is 0.0712. The molecule has 6 heteroatoms. The number of aryl methyl sites for hydroxylation is 1. The molecule has 2 aromatic heterocycles. The van der Waals surface area contributed by atoms with Crippen LogP contribution in [-0.2, 0) is 0 Å². The minimum Gasteiger partial charge on any atom is -0.489 e. The number of aliphatic hydroxyl groups is 1. The standard InChI is InChI=1S/C22H31N3O3/c1-15-20(22(27)24-17-10-5-6-11-18(17)26)25-13-7-12-19(21(25)23-15)28-14-16-8-3-2-4-9-16/h7,12-13,16-18,26H,2-6,8-11,14H2,1H3,(H,24,27). The average molecular weight is 386 g/mol. The Morgan fingerprint density at radius 3 is 2.75 bits per heavy atom. The van der Waals surface area contributed by atoms with Crippen LogP contribution >= 0.6 is 0 Å². The minimum absolute atomic E-state index is 0.180. The van der Waals surface area contributed by atoms with E-state index in [1.165, 1.54) is 32.1 Å². The van der Waals surface area contributed by atoms with Gasteiger partial charge in [-0.25, -0.2) is 4.98 Å². The molecule has 2 aliphatic rings. The summed E-state index contributed by atoms with van der Waals surface area (Å²) in [6, 6.07) is 3.64. The molecule has 0 saturated heterocycles. The summed E-state index contributed by atoms with van der Waals surface area (Å²) in [5.74, 6) is 1.16. The SMILES string of the molecule is Cc1nc2c(OCC3CCCCC3)cccn2c1C(=O)NC1CCCCC1O. The Kier molecular flexibility index (Phi) is 5.85. The molecule has 4 rings (SSSR count). The molecule has 2 N–H and O–H groups in total. The number of amides is 1. The van der Waals surface area contributed by atoms with E-state index in [9.17, 15) is 9.90 Å². The summed E-state index contributed by atoms with van der Waals surface area (Å²) < 4.78 is 7.93. The van der Waals surface area contributed by atoms with Crippen molar-refractivity contribution in [2.45, 2.75) is 76.9 Å². The highest BCUT2D eigenvalue weighted by Gasteiger charge is 2.27. The molecule has 0 aliphatic heterocycles. The fourth-order valence-corrected chi connectivity index (χ4v) is 4.62. The van der Waals surface area contributed by atoms with Crippen molar-refractivity contribution < 1.29 is 14.6 Å². The van der Waals surface area contributed by atoms with E-state index in [1.54, 1.807) is 0 Å². The first-order valence-corrected chi connectivity index (χ1v) is 10.7. The van der Waals surface area contributed by atoms with Crippen LogP contribution < -0.4 is 10.1 Å². The van der Waals surface area contributed by atoms with Crippen LogP contribution in [0.1, 0.15) is 74.0 Å². The van der Waals surface area contributed by atoms with Gasteiger partial charge in [0.2, 0.25) is 0 Å². The monoisotopic (exact) mass is 385 g/mol. The Balaban J connectivity index is 1.52. The van der Waals surface area contributed by atoms with Crippen LogP contribution in [0.25, 0.3) is 5.65 Å². The molecule has 0 aromatic carbocycles. The summed E-state index contributed by atoms with van der Waals surface area (Å²) >= 11 is 0. The molecule has 28 heavy (non-hydrogen) atoms. The van der Waals surface area contributed by atoms with Crippen molar-refractivity contribution in [3.05, 3.63) is 29.7 Å². The molecule has 2 fully saturated rings. The van der Waals surface area contributed by atoms with Gasteiger partial charge in [0.05, 0.1) is 24.4 Å². The molecule has 152 valence electrons. The molecule has 2 aliphatic carbocycles. The molecule has 2 aromatic rings. The number of imidazole rings is 1. The quantitative estimate of drug-likeness (QED) is 0.824. The summed E-state index contributed by atoms with van der Waals surface area (Å²) in [5.41, 5.74) is 1.89. The van der Waals surface area contributed by atoms with E-state index in [-0.39, 0.29) is 11.9 Å². The van der Waals surface area contributed by atoms with Gasteiger partial charge in [0.25, 0.3) is 5.91 Å². The third-order valence-electron chi connectivity index (χ3n) is 6.25. The fraction of sp³-hybridized carbons (Fsp3) is 0.636. The maximum atomic E-state index is 12.9. The van der Waals surface area contributed by atoms with Crippen LogP contribution in [0, 0.1) is 12.8 Å². The summed E-state index contributed by atoms with van der Waals surface area (Å²) in [7, 11) is 0. The van der Waals surface area contributed by atoms with Crippen molar-refractivity contribution in [3.8, 4) is 5.75 Å². The molecule has 0 radical (unpaired) electrons. The van der Waals surface area contributed by atoms with E-state index >= 15 is 0 Å². The first kappa shape index (κ1) is 19.2. The topological polar surface area (TPSA) is 75.9 Å². The Hall–Kier alpha value is -2.08. The minimum atomic E-state index is -0.466. The average Bonchev–Trinajstić information content (AvgIpc) is 3.05. The molecule has 1 amide bonds. The van der Waals surface area contributed by atoms with E-state index in [1.807, 2.05) is 29.7 Å². The summed E-state index contributed by atoms with van der Waals surface area (Å²) in [6.07, 6.45) is 11.4. The van der Waals surface area contributed by atoms with Crippen LogP contribution in [0.4, 0.5) is 0 Å². The predicted molar refractivity (Wildman–Crippen MR) is 108 cm³/mol. The van der Waals surface area contributed by atoms with E-state index < -0.39 is 6.10 Å². The van der Waals surface area contributed by atoms with E-state index in [0.29, 0.717) is 29.6 Å². The lowest BCUT2D eigenvalue weighted by atomic mass is 9.90. The Morgan fingerprint density at radius 2 is 1.96 bits per heavy atom. The van der Waals surface area contributed by atoms with Gasteiger partial charge in [-0.15, -0.1) is 0 Å². The second-order valence-electron chi connectivity index (χ2n) is 8.36. The van der Waals surface area contributed by atoms with Gasteiger partial charge < -0.3 is 15.2 Å². The number of pyridine rings is 1. The van der Waals surface area contributed by atoms with Crippen LogP contribution in [-0.4, -0.2) is 39.2 Å². The number of fused-ring (bicyclic) bond motifs is 1. The van der Waals surface area contributed by atoms with Crippen molar-refractivity contribution in [1.82, 2.24) is 14.7 Å². The predicted octanol–water partition coefficient (Wildman–Crippen LogP) is 3.64. The van der Waals surface area contributed by atoms with Crippen LogP contribution in [0.3, 0.4) is 0 Å². The smallest absolute Gasteiger partial charge is 0.270 e. The van der Waals surface area contributed by atoms with E-state index in [4.69, 9.17) is 4.74 Å². The second-order valence-corrected chi connectivity index (χ2v) is 8.36. The van der Waals surface area contributed by atoms with Crippen molar-refractivity contribution >= 4 is 11.6 Å². The molecular weight excluding hydrogens is 354 g/mol. The number of rotatable bonds is 5. The molecule has 2 atom stereocenters. The molecule has 2 unspecified atom stereocenters. The van der Waals surface area contributed by atoms with Gasteiger partial charge in [-0.1, -0.05) is 32.1 Å². The number of carbonyl (C=O) groups excluding carboxylic acids is 1. The van der Waals surface area contributed by atoms with Crippen LogP contribution in [0.15, 0.2) is 18.3 Å². The molecule has 0 spiro atoms. The zero-order valence-electron chi connectivity index (χ0n) is 16.7. The number of hydrogen-bond acceptors (Lipinski definition) is 4. The van der Waals surface area contributed by atoms with Gasteiger partial charge in [-0.05, 0) is 50.7 Å². The van der Waals surface area contributed by atoms with Crippen molar-refractivity contribution in [2.75, 3.05) is 6.61 Å². The van der Waals surface area contributed by atoms with Gasteiger partial charge in [-0.3, -0.25) is 9.20 Å². The summed E-state index contributed by atoms with van der Waals surface area (Å²) in [6.45, 7) is 2.56. The van der Waals surface area contributed by atoms with Crippen LogP contribution in [0.2, 0.25) is 0 Å². The van der Waals surface area contributed by atoms with E-state index in [2.05, 4.69) is 10.3 Å². The largest absolute Gasteiger partial charge is 0.489 e. The van der Waals surface area contributed by atoms with Crippen molar-refractivity contribution in [1.29, 1.82) is 0 Å². The van der Waals surface area contributed by atoms with Gasteiger partial charge in [-0.2, -0.15) is 0 Å². The lowest BCUT2D eigenvalue weighted by Crippen LogP contribution is -2.45. The molecule has 2 saturated carbocycles. The second kappa shape index (κ2) is 8.52. The molecule has 6 nitrogen and oxygen atoms in total. The first-order chi connectivity index (χ1) is 13.6. The van der Waals surface area contributed by atoms with Gasteiger partial charge in [0.1, 0.15) is 5.69 Å². The number of nitrogens with zero attached hydrogens (tertiary/aromatic N) is 2. The van der Waals surface area contributed by atoms with Crippen molar-refractivity contribution in [3.63, 3.8) is 0 Å². The highest BCUT2D eigenvalue weighted by molar-refractivity contribution is 5.95. The molecular formula is C22H31N3O3. The van der Waals surface area contributed by atoms with Gasteiger partial charge >= 0.3 is 0 Å². The Labute approximate surface area is 166 Å². The van der Waals surface area contributed by atoms with E-state index in [0.717, 1.165) is 31.4 Å². The lowest BCUT2D eigenvalue weighted by Gasteiger charge is -2.28. The number of aliphatic hydroxyl groups excluding tert-OH is 1.